The normalized spacial score (nSPS) is 11.8. The highest BCUT2D eigenvalue weighted by Crippen LogP contribution is 2.36. The van der Waals surface area contributed by atoms with E-state index in [1.807, 2.05) is 36.4 Å². The van der Waals surface area contributed by atoms with Crippen LogP contribution in [0.15, 0.2) is 40.8 Å². The molecule has 5 heteroatoms. The van der Waals surface area contributed by atoms with Gasteiger partial charge in [-0.2, -0.15) is 0 Å². The van der Waals surface area contributed by atoms with E-state index in [2.05, 4.69) is 26.1 Å². The molecule has 1 N–H and O–H groups in total. The maximum absolute atomic E-state index is 12.2. The van der Waals surface area contributed by atoms with Gasteiger partial charge < -0.3 is 14.5 Å². The van der Waals surface area contributed by atoms with Gasteiger partial charge in [0.1, 0.15) is 16.9 Å². The third-order valence-electron chi connectivity index (χ3n) is 3.61. The fourth-order valence-corrected chi connectivity index (χ4v) is 3.12. The number of carbonyl (C=O) groups is 1. The second-order valence-electron chi connectivity index (χ2n) is 6.60. The van der Waals surface area contributed by atoms with Crippen LogP contribution in [0, 0.1) is 0 Å². The van der Waals surface area contributed by atoms with E-state index in [1.165, 1.54) is 0 Å². The minimum absolute atomic E-state index is 0.0458. The molecule has 0 aliphatic heterocycles. The van der Waals surface area contributed by atoms with Gasteiger partial charge in [0.05, 0.1) is 18.6 Å². The van der Waals surface area contributed by atoms with Crippen LogP contribution in [-0.2, 0) is 4.79 Å². The first-order valence-electron chi connectivity index (χ1n) is 7.80. The van der Waals surface area contributed by atoms with E-state index in [-0.39, 0.29) is 10.7 Å². The van der Waals surface area contributed by atoms with Crippen molar-refractivity contribution < 1.29 is 13.9 Å². The van der Waals surface area contributed by atoms with E-state index < -0.39 is 0 Å². The van der Waals surface area contributed by atoms with E-state index in [0.29, 0.717) is 17.2 Å². The Bertz CT molecular complexity index is 893. The average molecular weight is 343 g/mol. The largest absolute Gasteiger partial charge is 0.495 e. The summed E-state index contributed by atoms with van der Waals surface area (Å²) in [5, 5.41) is 4.94. The maximum atomic E-state index is 12.2. The van der Waals surface area contributed by atoms with E-state index in [1.54, 1.807) is 18.9 Å². The van der Waals surface area contributed by atoms with Gasteiger partial charge in [-0.05, 0) is 12.1 Å². The number of thioether (sulfide) groups is 1. The van der Waals surface area contributed by atoms with Gasteiger partial charge in [0.15, 0.2) is 0 Å². The number of fused-ring (bicyclic) bond motifs is 3. The van der Waals surface area contributed by atoms with Crippen molar-refractivity contribution >= 4 is 45.3 Å². The van der Waals surface area contributed by atoms with E-state index >= 15 is 0 Å². The first-order chi connectivity index (χ1) is 11.4. The Balaban J connectivity index is 1.92. The molecule has 2 aromatic carbocycles. The molecule has 0 aliphatic carbocycles. The number of anilines is 1. The second-order valence-corrected chi connectivity index (χ2v) is 8.40. The second kappa shape index (κ2) is 6.40. The van der Waals surface area contributed by atoms with Crippen molar-refractivity contribution in [2.24, 2.45) is 0 Å². The fourth-order valence-electron chi connectivity index (χ4n) is 2.49. The van der Waals surface area contributed by atoms with Gasteiger partial charge >= 0.3 is 0 Å². The molecule has 24 heavy (non-hydrogen) atoms. The van der Waals surface area contributed by atoms with Gasteiger partial charge in [-0.25, -0.2) is 0 Å². The van der Waals surface area contributed by atoms with Crippen molar-refractivity contribution in [2.75, 3.05) is 18.2 Å². The van der Waals surface area contributed by atoms with Crippen molar-refractivity contribution in [1.82, 2.24) is 0 Å². The molecule has 0 atom stereocenters. The van der Waals surface area contributed by atoms with Crippen LogP contribution >= 0.6 is 11.8 Å². The number of hydrogen-bond acceptors (Lipinski definition) is 4. The molecule has 0 aliphatic rings. The molecule has 0 unspecified atom stereocenters. The Morgan fingerprint density at radius 2 is 1.92 bits per heavy atom. The molecule has 0 bridgehead atoms. The standard InChI is InChI=1S/C19H21NO3S/c1-19(2,3)24-11-18(21)20-14-10-16-13(9-17(14)22-4)12-7-5-6-8-15(12)23-16/h5-10H,11H2,1-4H3,(H,20,21). The molecule has 0 spiro atoms. The Hall–Kier alpha value is -2.14. The summed E-state index contributed by atoms with van der Waals surface area (Å²) in [6.45, 7) is 6.27. The van der Waals surface area contributed by atoms with E-state index in [9.17, 15) is 4.79 Å². The Kier molecular flexibility index (Phi) is 4.45. The lowest BCUT2D eigenvalue weighted by Gasteiger charge is -2.17. The Morgan fingerprint density at radius 1 is 1.17 bits per heavy atom. The van der Waals surface area contributed by atoms with Gasteiger partial charge in [0.25, 0.3) is 0 Å². The zero-order valence-electron chi connectivity index (χ0n) is 14.3. The minimum Gasteiger partial charge on any atom is -0.495 e. The van der Waals surface area contributed by atoms with E-state index in [0.717, 1.165) is 21.9 Å². The number of rotatable bonds is 4. The Morgan fingerprint density at radius 3 is 2.62 bits per heavy atom. The van der Waals surface area contributed by atoms with Crippen LogP contribution in [0.2, 0.25) is 0 Å². The summed E-state index contributed by atoms with van der Waals surface area (Å²) in [5.41, 5.74) is 2.18. The SMILES string of the molecule is COc1cc2c(cc1NC(=O)CSC(C)(C)C)oc1ccccc12. The van der Waals surface area contributed by atoms with Gasteiger partial charge in [-0.3, -0.25) is 4.79 Å². The van der Waals surface area contributed by atoms with Crippen molar-refractivity contribution in [2.45, 2.75) is 25.5 Å². The lowest BCUT2D eigenvalue weighted by molar-refractivity contribution is -0.113. The van der Waals surface area contributed by atoms with Crippen molar-refractivity contribution in [3.8, 4) is 5.75 Å². The molecular weight excluding hydrogens is 322 g/mol. The highest BCUT2D eigenvalue weighted by Gasteiger charge is 2.16. The summed E-state index contributed by atoms with van der Waals surface area (Å²) in [4.78, 5) is 12.2. The minimum atomic E-state index is -0.0521. The molecule has 3 aromatic rings. The average Bonchev–Trinajstić information content (AvgIpc) is 2.89. The van der Waals surface area contributed by atoms with Crippen LogP contribution < -0.4 is 10.1 Å². The lowest BCUT2D eigenvalue weighted by Crippen LogP contribution is -2.19. The van der Waals surface area contributed by atoms with Crippen LogP contribution in [0.25, 0.3) is 21.9 Å². The topological polar surface area (TPSA) is 51.5 Å². The number of ether oxygens (including phenoxy) is 1. The monoisotopic (exact) mass is 343 g/mol. The smallest absolute Gasteiger partial charge is 0.234 e. The van der Waals surface area contributed by atoms with Crippen LogP contribution in [-0.4, -0.2) is 23.5 Å². The first-order valence-corrected chi connectivity index (χ1v) is 8.79. The fraction of sp³-hybridized carbons (Fsp3) is 0.316. The van der Waals surface area contributed by atoms with Crippen LogP contribution in [0.5, 0.6) is 5.75 Å². The molecule has 1 heterocycles. The summed E-state index contributed by atoms with van der Waals surface area (Å²) >= 11 is 1.61. The van der Waals surface area contributed by atoms with Gasteiger partial charge in [0.2, 0.25) is 5.91 Å². The molecule has 1 amide bonds. The van der Waals surface area contributed by atoms with Crippen molar-refractivity contribution in [1.29, 1.82) is 0 Å². The lowest BCUT2D eigenvalue weighted by atomic mass is 10.1. The number of nitrogens with one attached hydrogen (secondary N) is 1. The number of para-hydroxylation sites is 1. The predicted molar refractivity (Wildman–Crippen MR) is 101 cm³/mol. The first kappa shape index (κ1) is 16.7. The van der Waals surface area contributed by atoms with Crippen molar-refractivity contribution in [3.63, 3.8) is 0 Å². The summed E-state index contributed by atoms with van der Waals surface area (Å²) < 4.78 is 11.4. The predicted octanol–water partition coefficient (Wildman–Crippen LogP) is 5.06. The Labute approximate surface area is 145 Å². The molecular formula is C19H21NO3S. The van der Waals surface area contributed by atoms with Crippen molar-refractivity contribution in [3.05, 3.63) is 36.4 Å². The quantitative estimate of drug-likeness (QED) is 0.719. The van der Waals surface area contributed by atoms with Crippen LogP contribution in [0.4, 0.5) is 5.69 Å². The number of benzene rings is 2. The summed E-state index contributed by atoms with van der Waals surface area (Å²) in [5.74, 6) is 0.969. The molecule has 0 saturated carbocycles. The zero-order chi connectivity index (χ0) is 17.3. The van der Waals surface area contributed by atoms with Gasteiger partial charge in [-0.15, -0.1) is 11.8 Å². The number of carbonyl (C=O) groups excluding carboxylic acids is 1. The molecule has 126 valence electrons. The summed E-state index contributed by atoms with van der Waals surface area (Å²) in [6, 6.07) is 11.6. The van der Waals surface area contributed by atoms with E-state index in [4.69, 9.17) is 9.15 Å². The van der Waals surface area contributed by atoms with Crippen LogP contribution in [0.3, 0.4) is 0 Å². The molecule has 0 radical (unpaired) electrons. The third-order valence-corrected chi connectivity index (χ3v) is 4.88. The summed E-state index contributed by atoms with van der Waals surface area (Å²) in [7, 11) is 1.60. The highest BCUT2D eigenvalue weighted by molar-refractivity contribution is 8.01. The highest BCUT2D eigenvalue weighted by atomic mass is 32.2. The van der Waals surface area contributed by atoms with Gasteiger partial charge in [0, 0.05) is 21.6 Å². The molecule has 4 nitrogen and oxygen atoms in total. The third kappa shape index (κ3) is 3.51. The number of amides is 1. The maximum Gasteiger partial charge on any atom is 0.234 e. The molecule has 0 saturated heterocycles. The summed E-state index contributed by atoms with van der Waals surface area (Å²) in [6.07, 6.45) is 0. The molecule has 1 aromatic heterocycles. The molecule has 3 rings (SSSR count). The number of furan rings is 1. The number of methoxy groups -OCH3 is 1. The molecule has 0 fully saturated rings. The zero-order valence-corrected chi connectivity index (χ0v) is 15.1. The van der Waals surface area contributed by atoms with Gasteiger partial charge in [-0.1, -0.05) is 39.0 Å². The number of hydrogen-bond donors (Lipinski definition) is 1. The van der Waals surface area contributed by atoms with Crippen LogP contribution in [0.1, 0.15) is 20.8 Å².